The maximum atomic E-state index is 5.85. The molecule has 0 radical (unpaired) electrons. The summed E-state index contributed by atoms with van der Waals surface area (Å²) in [5.74, 6) is 0. The van der Waals surface area contributed by atoms with Crippen LogP contribution in [0.4, 0.5) is 0 Å². The third-order valence-electron chi connectivity index (χ3n) is 2.70. The molecule has 0 unspecified atom stereocenters. The Hall–Kier alpha value is -0.830. The molecule has 0 amide bonds. The summed E-state index contributed by atoms with van der Waals surface area (Å²) >= 11 is 7.71. The van der Waals surface area contributed by atoms with Crippen LogP contribution in [0, 0.1) is 13.8 Å². The third-order valence-corrected chi connectivity index (χ3v) is 3.96. The third kappa shape index (κ3) is 3.56. The second kappa shape index (κ2) is 5.67. The monoisotopic (exact) mass is 265 g/mol. The molecule has 17 heavy (non-hydrogen) atoms. The highest BCUT2D eigenvalue weighted by Crippen LogP contribution is 2.20. The molecule has 0 saturated heterocycles. The first-order chi connectivity index (χ1) is 8.15. The lowest BCUT2D eigenvalue weighted by Crippen LogP contribution is -2.12. The summed E-state index contributed by atoms with van der Waals surface area (Å²) in [5.41, 5.74) is 2.67. The van der Waals surface area contributed by atoms with Crippen molar-refractivity contribution < 1.29 is 0 Å². The molecular formula is C14H16ClNS. The summed E-state index contributed by atoms with van der Waals surface area (Å²) in [6, 6.07) is 10.2. The van der Waals surface area contributed by atoms with Crippen molar-refractivity contribution in [2.45, 2.75) is 26.9 Å². The quantitative estimate of drug-likeness (QED) is 0.869. The molecule has 1 nitrogen and oxygen atoms in total. The molecular weight excluding hydrogens is 250 g/mol. The van der Waals surface area contributed by atoms with Gasteiger partial charge in [-0.25, -0.2) is 0 Å². The van der Waals surface area contributed by atoms with Crippen LogP contribution in [0.15, 0.2) is 30.3 Å². The lowest BCUT2D eigenvalue weighted by molar-refractivity contribution is 0.692. The fourth-order valence-electron chi connectivity index (χ4n) is 1.80. The number of nitrogens with one attached hydrogen (secondary N) is 1. The van der Waals surface area contributed by atoms with E-state index >= 15 is 0 Å². The highest BCUT2D eigenvalue weighted by atomic mass is 35.5. The van der Waals surface area contributed by atoms with E-state index in [-0.39, 0.29) is 0 Å². The van der Waals surface area contributed by atoms with Gasteiger partial charge in [-0.3, -0.25) is 0 Å². The summed E-state index contributed by atoms with van der Waals surface area (Å²) in [4.78, 5) is 2.79. The van der Waals surface area contributed by atoms with Gasteiger partial charge in [-0.1, -0.05) is 23.7 Å². The normalized spacial score (nSPS) is 10.8. The number of rotatable bonds is 4. The molecule has 0 aliphatic heterocycles. The minimum Gasteiger partial charge on any atom is -0.309 e. The maximum Gasteiger partial charge on any atom is 0.0406 e. The van der Waals surface area contributed by atoms with Crippen LogP contribution < -0.4 is 5.32 Å². The van der Waals surface area contributed by atoms with Crippen molar-refractivity contribution in [2.24, 2.45) is 0 Å². The van der Waals surface area contributed by atoms with E-state index in [9.17, 15) is 0 Å². The first kappa shape index (κ1) is 12.6. The predicted octanol–water partition coefficient (Wildman–Crippen LogP) is 4.31. The molecule has 90 valence electrons. The van der Waals surface area contributed by atoms with Gasteiger partial charge in [-0.05, 0) is 43.2 Å². The maximum absolute atomic E-state index is 5.85. The molecule has 2 aromatic rings. The van der Waals surface area contributed by atoms with Crippen molar-refractivity contribution in [1.29, 1.82) is 0 Å². The minimum absolute atomic E-state index is 0.790. The number of thiophene rings is 1. The Bertz CT molecular complexity index is 487. The molecule has 1 aromatic heterocycles. The van der Waals surface area contributed by atoms with E-state index in [4.69, 9.17) is 11.6 Å². The van der Waals surface area contributed by atoms with Crippen molar-refractivity contribution in [3.63, 3.8) is 0 Å². The van der Waals surface area contributed by atoms with Crippen LogP contribution >= 0.6 is 22.9 Å². The zero-order valence-corrected chi connectivity index (χ0v) is 11.7. The average molecular weight is 266 g/mol. The van der Waals surface area contributed by atoms with Crippen LogP contribution in [0.3, 0.4) is 0 Å². The van der Waals surface area contributed by atoms with Crippen LogP contribution in [-0.2, 0) is 13.1 Å². The molecule has 0 saturated carbocycles. The highest BCUT2D eigenvalue weighted by Gasteiger charge is 2.02. The molecule has 0 spiro atoms. The lowest BCUT2D eigenvalue weighted by atomic mass is 10.2. The van der Waals surface area contributed by atoms with E-state index in [2.05, 4.69) is 37.4 Å². The zero-order chi connectivity index (χ0) is 12.3. The summed E-state index contributed by atoms with van der Waals surface area (Å²) in [6.45, 7) is 6.14. The Morgan fingerprint density at radius 2 is 1.82 bits per heavy atom. The van der Waals surface area contributed by atoms with E-state index in [1.165, 1.54) is 20.9 Å². The Morgan fingerprint density at radius 3 is 2.41 bits per heavy atom. The van der Waals surface area contributed by atoms with Gasteiger partial charge >= 0.3 is 0 Å². The van der Waals surface area contributed by atoms with Gasteiger partial charge in [0.2, 0.25) is 0 Å². The molecule has 1 aromatic carbocycles. The molecule has 1 heterocycles. The molecule has 0 aliphatic rings. The van der Waals surface area contributed by atoms with Crippen molar-refractivity contribution in [3.05, 3.63) is 56.2 Å². The van der Waals surface area contributed by atoms with Gasteiger partial charge in [0.1, 0.15) is 0 Å². The van der Waals surface area contributed by atoms with E-state index in [1.54, 1.807) is 0 Å². The van der Waals surface area contributed by atoms with Crippen LogP contribution in [0.1, 0.15) is 20.9 Å². The fraction of sp³-hybridized carbons (Fsp3) is 0.286. The van der Waals surface area contributed by atoms with Gasteiger partial charge in [-0.2, -0.15) is 0 Å². The first-order valence-corrected chi connectivity index (χ1v) is 6.85. The fourth-order valence-corrected chi connectivity index (χ4v) is 2.88. The van der Waals surface area contributed by atoms with E-state index in [0.717, 1.165) is 18.1 Å². The van der Waals surface area contributed by atoms with E-state index in [0.29, 0.717) is 0 Å². The smallest absolute Gasteiger partial charge is 0.0406 e. The van der Waals surface area contributed by atoms with Crippen molar-refractivity contribution in [2.75, 3.05) is 0 Å². The van der Waals surface area contributed by atoms with E-state index < -0.39 is 0 Å². The largest absolute Gasteiger partial charge is 0.309 e. The standard InChI is InChI=1S/C14H16ClNS/c1-10-7-13(11(2)17-10)9-16-8-12-3-5-14(15)6-4-12/h3-7,16H,8-9H2,1-2H3. The van der Waals surface area contributed by atoms with Gasteiger partial charge < -0.3 is 5.32 Å². The topological polar surface area (TPSA) is 12.0 Å². The summed E-state index contributed by atoms with van der Waals surface area (Å²) in [7, 11) is 0. The SMILES string of the molecule is Cc1cc(CNCc2ccc(Cl)cc2)c(C)s1. The van der Waals surface area contributed by atoms with Crippen LogP contribution in [0.5, 0.6) is 0 Å². The number of benzene rings is 1. The van der Waals surface area contributed by atoms with Crippen molar-refractivity contribution in [3.8, 4) is 0 Å². The van der Waals surface area contributed by atoms with Crippen LogP contribution in [0.25, 0.3) is 0 Å². The molecule has 0 bridgehead atoms. The Labute approximate surface area is 111 Å². The Balaban J connectivity index is 1.87. The van der Waals surface area contributed by atoms with Gasteiger partial charge in [0.15, 0.2) is 0 Å². The van der Waals surface area contributed by atoms with Gasteiger partial charge in [-0.15, -0.1) is 11.3 Å². The van der Waals surface area contributed by atoms with Crippen molar-refractivity contribution >= 4 is 22.9 Å². The molecule has 1 N–H and O–H groups in total. The predicted molar refractivity (Wildman–Crippen MR) is 75.8 cm³/mol. The van der Waals surface area contributed by atoms with Gasteiger partial charge in [0, 0.05) is 27.9 Å². The lowest BCUT2D eigenvalue weighted by Gasteiger charge is -2.04. The van der Waals surface area contributed by atoms with Gasteiger partial charge in [0.25, 0.3) is 0 Å². The number of hydrogen-bond acceptors (Lipinski definition) is 2. The Kier molecular flexibility index (Phi) is 4.21. The molecule has 0 atom stereocenters. The highest BCUT2D eigenvalue weighted by molar-refractivity contribution is 7.12. The summed E-state index contributed by atoms with van der Waals surface area (Å²) in [6.07, 6.45) is 0. The first-order valence-electron chi connectivity index (χ1n) is 5.66. The molecule has 3 heteroatoms. The molecule has 0 aliphatic carbocycles. The number of hydrogen-bond donors (Lipinski definition) is 1. The van der Waals surface area contributed by atoms with Crippen LogP contribution in [0.2, 0.25) is 5.02 Å². The molecule has 2 rings (SSSR count). The summed E-state index contributed by atoms with van der Waals surface area (Å²) in [5, 5.41) is 4.25. The second-order valence-electron chi connectivity index (χ2n) is 4.17. The van der Waals surface area contributed by atoms with Crippen LogP contribution in [-0.4, -0.2) is 0 Å². The summed E-state index contributed by atoms with van der Waals surface area (Å²) < 4.78 is 0. The Morgan fingerprint density at radius 1 is 1.12 bits per heavy atom. The molecule has 0 fully saturated rings. The number of halogens is 1. The van der Waals surface area contributed by atoms with Crippen molar-refractivity contribution in [1.82, 2.24) is 5.32 Å². The second-order valence-corrected chi connectivity index (χ2v) is 6.07. The minimum atomic E-state index is 0.790. The van der Waals surface area contributed by atoms with Gasteiger partial charge in [0.05, 0.1) is 0 Å². The van der Waals surface area contributed by atoms with E-state index in [1.807, 2.05) is 23.5 Å². The average Bonchev–Trinajstić information content (AvgIpc) is 2.60. The zero-order valence-electron chi connectivity index (χ0n) is 10.1. The number of aryl methyl sites for hydroxylation is 2.